The molecule has 0 aromatic carbocycles. The molecule has 4 fully saturated rings. The Balaban J connectivity index is 1.32. The van der Waals surface area contributed by atoms with Gasteiger partial charge in [-0.05, 0) is 81.0 Å². The normalized spacial score (nSPS) is 39.7. The van der Waals surface area contributed by atoms with Gasteiger partial charge >= 0.3 is 0 Å². The molecule has 0 N–H and O–H groups in total. The van der Waals surface area contributed by atoms with E-state index in [0.29, 0.717) is 5.41 Å². The topological polar surface area (TPSA) is 30.7 Å². The van der Waals surface area contributed by atoms with E-state index in [0.717, 1.165) is 24.2 Å². The molecule has 0 saturated heterocycles. The fourth-order valence-corrected chi connectivity index (χ4v) is 6.70. The number of hydrogen-bond acceptors (Lipinski definition) is 2. The zero-order valence-electron chi connectivity index (χ0n) is 13.8. The van der Waals surface area contributed by atoms with E-state index < -0.39 is 0 Å². The van der Waals surface area contributed by atoms with Crippen LogP contribution in [0.25, 0.3) is 0 Å². The molecule has 4 aliphatic carbocycles. The van der Waals surface area contributed by atoms with Gasteiger partial charge in [-0.2, -0.15) is 0 Å². The third-order valence-corrected chi connectivity index (χ3v) is 7.23. The van der Waals surface area contributed by atoms with Crippen LogP contribution in [-0.4, -0.2) is 14.8 Å². The molecule has 1 aliphatic heterocycles. The second-order valence-corrected chi connectivity index (χ2v) is 8.91. The first-order valence-electron chi connectivity index (χ1n) is 9.71. The SMILES string of the molecule is C1CCc2nnc(CCC34CC5CC(CC(C5)C3)C4)n2CC1. The quantitative estimate of drug-likeness (QED) is 0.839. The lowest BCUT2D eigenvalue weighted by Crippen LogP contribution is -2.46. The van der Waals surface area contributed by atoms with Crippen molar-refractivity contribution < 1.29 is 0 Å². The molecule has 22 heavy (non-hydrogen) atoms. The first kappa shape index (κ1) is 13.6. The molecule has 0 atom stereocenters. The van der Waals surface area contributed by atoms with Gasteiger partial charge < -0.3 is 4.57 Å². The number of aryl methyl sites for hydroxylation is 2. The largest absolute Gasteiger partial charge is 0.315 e. The van der Waals surface area contributed by atoms with Crippen LogP contribution in [0.4, 0.5) is 0 Å². The van der Waals surface area contributed by atoms with Gasteiger partial charge in [-0.1, -0.05) is 6.42 Å². The zero-order chi connectivity index (χ0) is 14.6. The number of nitrogens with zero attached hydrogens (tertiary/aromatic N) is 3. The van der Waals surface area contributed by atoms with Crippen molar-refractivity contribution >= 4 is 0 Å². The third kappa shape index (κ3) is 2.23. The van der Waals surface area contributed by atoms with E-state index in [1.54, 1.807) is 19.3 Å². The van der Waals surface area contributed by atoms with Crippen LogP contribution in [-0.2, 0) is 19.4 Å². The Hall–Kier alpha value is -0.860. The predicted octanol–water partition coefficient (Wildman–Crippen LogP) is 4.15. The number of hydrogen-bond donors (Lipinski definition) is 0. The molecule has 0 unspecified atom stereocenters. The first-order valence-corrected chi connectivity index (χ1v) is 9.71. The van der Waals surface area contributed by atoms with E-state index in [1.165, 1.54) is 69.6 Å². The highest BCUT2D eigenvalue weighted by molar-refractivity contribution is 5.04. The van der Waals surface area contributed by atoms with E-state index in [2.05, 4.69) is 14.8 Å². The molecule has 4 saturated carbocycles. The lowest BCUT2D eigenvalue weighted by Gasteiger charge is -2.57. The van der Waals surface area contributed by atoms with Crippen LogP contribution in [0.3, 0.4) is 0 Å². The number of rotatable bonds is 3. The van der Waals surface area contributed by atoms with Crippen molar-refractivity contribution in [2.75, 3.05) is 0 Å². The molecule has 2 heterocycles. The first-order chi connectivity index (χ1) is 10.8. The molecule has 120 valence electrons. The zero-order valence-corrected chi connectivity index (χ0v) is 13.8. The second kappa shape index (κ2) is 5.07. The highest BCUT2D eigenvalue weighted by Crippen LogP contribution is 2.61. The second-order valence-electron chi connectivity index (χ2n) is 8.91. The lowest BCUT2D eigenvalue weighted by molar-refractivity contribution is -0.0572. The Kier molecular flexibility index (Phi) is 3.13. The molecule has 0 spiro atoms. The van der Waals surface area contributed by atoms with Gasteiger partial charge in [-0.3, -0.25) is 0 Å². The highest BCUT2D eigenvalue weighted by atomic mass is 15.3. The summed E-state index contributed by atoms with van der Waals surface area (Å²) in [6.07, 6.45) is 16.9. The minimum absolute atomic E-state index is 0.686. The van der Waals surface area contributed by atoms with Crippen molar-refractivity contribution in [3.8, 4) is 0 Å². The van der Waals surface area contributed by atoms with Gasteiger partial charge in [0.25, 0.3) is 0 Å². The van der Waals surface area contributed by atoms with Crippen LogP contribution in [0.2, 0.25) is 0 Å². The third-order valence-electron chi connectivity index (χ3n) is 7.23. The van der Waals surface area contributed by atoms with Crippen LogP contribution in [0.5, 0.6) is 0 Å². The smallest absolute Gasteiger partial charge is 0.133 e. The van der Waals surface area contributed by atoms with Crippen LogP contribution >= 0.6 is 0 Å². The monoisotopic (exact) mass is 299 g/mol. The van der Waals surface area contributed by atoms with Gasteiger partial charge in [0.1, 0.15) is 11.6 Å². The molecule has 6 rings (SSSR count). The Morgan fingerprint density at radius 3 is 2.36 bits per heavy atom. The maximum atomic E-state index is 4.57. The van der Waals surface area contributed by atoms with Crippen LogP contribution in [0.1, 0.15) is 75.9 Å². The highest BCUT2D eigenvalue weighted by Gasteiger charge is 2.50. The summed E-state index contributed by atoms with van der Waals surface area (Å²) in [6, 6.07) is 0. The predicted molar refractivity (Wildman–Crippen MR) is 86.5 cm³/mol. The summed E-state index contributed by atoms with van der Waals surface area (Å²) in [5, 5.41) is 9.06. The van der Waals surface area contributed by atoms with Crippen molar-refractivity contribution in [1.82, 2.24) is 14.8 Å². The summed E-state index contributed by atoms with van der Waals surface area (Å²) < 4.78 is 2.47. The lowest BCUT2D eigenvalue weighted by atomic mass is 9.48. The summed E-state index contributed by atoms with van der Waals surface area (Å²) in [4.78, 5) is 0. The maximum Gasteiger partial charge on any atom is 0.133 e. The molecular formula is C19H29N3. The average Bonchev–Trinajstić information content (AvgIpc) is 2.71. The molecular weight excluding hydrogens is 270 g/mol. The van der Waals surface area contributed by atoms with Gasteiger partial charge in [0.15, 0.2) is 0 Å². The van der Waals surface area contributed by atoms with E-state index in [4.69, 9.17) is 0 Å². The van der Waals surface area contributed by atoms with Crippen LogP contribution in [0.15, 0.2) is 0 Å². The number of aromatic nitrogens is 3. The summed E-state index contributed by atoms with van der Waals surface area (Å²) in [7, 11) is 0. The summed E-state index contributed by atoms with van der Waals surface area (Å²) >= 11 is 0. The van der Waals surface area contributed by atoms with E-state index >= 15 is 0 Å². The van der Waals surface area contributed by atoms with Gasteiger partial charge in [0, 0.05) is 19.4 Å². The Morgan fingerprint density at radius 1 is 0.909 bits per heavy atom. The molecule has 1 aromatic rings. The molecule has 4 bridgehead atoms. The van der Waals surface area contributed by atoms with Crippen LogP contribution < -0.4 is 0 Å². The van der Waals surface area contributed by atoms with Crippen molar-refractivity contribution in [2.45, 2.75) is 83.6 Å². The molecule has 0 amide bonds. The van der Waals surface area contributed by atoms with E-state index in [9.17, 15) is 0 Å². The number of fused-ring (bicyclic) bond motifs is 1. The fraction of sp³-hybridized carbons (Fsp3) is 0.895. The Bertz CT molecular complexity index is 524. The summed E-state index contributed by atoms with van der Waals surface area (Å²) in [5.74, 6) is 5.77. The molecule has 1 aromatic heterocycles. The van der Waals surface area contributed by atoms with Crippen LogP contribution in [0, 0.1) is 23.2 Å². The van der Waals surface area contributed by atoms with Crippen molar-refractivity contribution in [3.05, 3.63) is 11.6 Å². The standard InChI is InChI=1S/C19H29N3/c1-2-4-17-20-21-18(22(17)7-3-1)5-6-19-11-14-8-15(12-19)10-16(9-14)13-19/h14-16H,1-13H2. The van der Waals surface area contributed by atoms with Crippen molar-refractivity contribution in [2.24, 2.45) is 23.2 Å². The summed E-state index contributed by atoms with van der Waals surface area (Å²) in [5.41, 5.74) is 0.686. The minimum atomic E-state index is 0.686. The maximum absolute atomic E-state index is 4.57. The van der Waals surface area contributed by atoms with Crippen molar-refractivity contribution in [1.29, 1.82) is 0 Å². The molecule has 3 nitrogen and oxygen atoms in total. The summed E-state index contributed by atoms with van der Waals surface area (Å²) in [6.45, 7) is 1.17. The Morgan fingerprint density at radius 2 is 1.64 bits per heavy atom. The molecule has 5 aliphatic rings. The van der Waals surface area contributed by atoms with Crippen molar-refractivity contribution in [3.63, 3.8) is 0 Å². The van der Waals surface area contributed by atoms with E-state index in [1.807, 2.05) is 0 Å². The molecule has 3 heteroatoms. The minimum Gasteiger partial charge on any atom is -0.315 e. The van der Waals surface area contributed by atoms with Gasteiger partial charge in [0.05, 0.1) is 0 Å². The van der Waals surface area contributed by atoms with Gasteiger partial charge in [-0.25, -0.2) is 0 Å². The Labute approximate surface area is 133 Å². The van der Waals surface area contributed by atoms with E-state index in [-0.39, 0.29) is 0 Å². The fourth-order valence-electron chi connectivity index (χ4n) is 6.70. The van der Waals surface area contributed by atoms with Gasteiger partial charge in [-0.15, -0.1) is 10.2 Å². The average molecular weight is 299 g/mol. The van der Waals surface area contributed by atoms with Gasteiger partial charge in [0.2, 0.25) is 0 Å². The molecule has 0 radical (unpaired) electrons.